The summed E-state index contributed by atoms with van der Waals surface area (Å²) in [4.78, 5) is 6.83. The van der Waals surface area contributed by atoms with Crippen molar-refractivity contribution < 1.29 is 0 Å². The molecule has 0 radical (unpaired) electrons. The first kappa shape index (κ1) is 14.0. The number of hydrogen-bond donors (Lipinski definition) is 1. The summed E-state index contributed by atoms with van der Waals surface area (Å²) in [6, 6.07) is 9.83. The van der Waals surface area contributed by atoms with Crippen molar-refractivity contribution in [1.29, 1.82) is 0 Å². The van der Waals surface area contributed by atoms with Gasteiger partial charge in [0.25, 0.3) is 0 Å². The average molecular weight is 336 g/mol. The van der Waals surface area contributed by atoms with Crippen molar-refractivity contribution in [2.45, 2.75) is 6.92 Å². The third kappa shape index (κ3) is 3.11. The first-order valence-corrected chi connectivity index (χ1v) is 6.95. The summed E-state index contributed by atoms with van der Waals surface area (Å²) in [7, 11) is 1.98. The molecular formula is C14H14BrN3S. The zero-order valence-electron chi connectivity index (χ0n) is 10.7. The molecule has 0 saturated heterocycles. The van der Waals surface area contributed by atoms with Crippen LogP contribution in [0, 0.1) is 6.92 Å². The summed E-state index contributed by atoms with van der Waals surface area (Å²) in [5.41, 5.74) is 8.64. The van der Waals surface area contributed by atoms with Gasteiger partial charge in [0.1, 0.15) is 10.8 Å². The van der Waals surface area contributed by atoms with E-state index in [4.69, 9.17) is 18.0 Å². The second-order valence-corrected chi connectivity index (χ2v) is 5.56. The van der Waals surface area contributed by atoms with Crippen molar-refractivity contribution >= 4 is 44.6 Å². The van der Waals surface area contributed by atoms with Crippen LogP contribution in [0.1, 0.15) is 11.1 Å². The Kier molecular flexibility index (Phi) is 4.17. The van der Waals surface area contributed by atoms with Gasteiger partial charge in [-0.15, -0.1) is 0 Å². The van der Waals surface area contributed by atoms with Gasteiger partial charge in [0, 0.05) is 29.0 Å². The molecule has 2 rings (SSSR count). The molecule has 1 heterocycles. The van der Waals surface area contributed by atoms with Crippen molar-refractivity contribution in [3.05, 3.63) is 52.1 Å². The van der Waals surface area contributed by atoms with Gasteiger partial charge < -0.3 is 10.6 Å². The molecule has 5 heteroatoms. The van der Waals surface area contributed by atoms with Gasteiger partial charge >= 0.3 is 0 Å². The summed E-state index contributed by atoms with van der Waals surface area (Å²) in [5.74, 6) is 0.892. The van der Waals surface area contributed by atoms with Crippen LogP contribution in [-0.2, 0) is 0 Å². The topological polar surface area (TPSA) is 42.1 Å². The number of aryl methyl sites for hydroxylation is 1. The van der Waals surface area contributed by atoms with Crippen LogP contribution in [0.15, 0.2) is 41.0 Å². The molecule has 0 atom stereocenters. The number of anilines is 2. The molecule has 2 N–H and O–H groups in total. The zero-order valence-corrected chi connectivity index (χ0v) is 13.1. The molecule has 0 bridgehead atoms. The first-order valence-electron chi connectivity index (χ1n) is 5.75. The highest BCUT2D eigenvalue weighted by molar-refractivity contribution is 9.10. The second kappa shape index (κ2) is 5.67. The van der Waals surface area contributed by atoms with Crippen LogP contribution in [0.4, 0.5) is 11.5 Å². The lowest BCUT2D eigenvalue weighted by atomic mass is 10.2. The van der Waals surface area contributed by atoms with E-state index in [-0.39, 0.29) is 0 Å². The molecule has 3 nitrogen and oxygen atoms in total. The Bertz CT molecular complexity index is 611. The molecule has 1 aromatic carbocycles. The van der Waals surface area contributed by atoms with Crippen molar-refractivity contribution in [3.8, 4) is 0 Å². The summed E-state index contributed by atoms with van der Waals surface area (Å²) in [6.07, 6.45) is 1.81. The van der Waals surface area contributed by atoms with E-state index >= 15 is 0 Å². The molecule has 2 aromatic rings. The number of pyridine rings is 1. The number of hydrogen-bond acceptors (Lipinski definition) is 3. The number of rotatable bonds is 3. The average Bonchev–Trinajstić information content (AvgIpc) is 2.41. The minimum Gasteiger partial charge on any atom is -0.389 e. The van der Waals surface area contributed by atoms with Crippen molar-refractivity contribution in [1.82, 2.24) is 4.98 Å². The smallest absolute Gasteiger partial charge is 0.132 e. The van der Waals surface area contributed by atoms with Crippen LogP contribution < -0.4 is 10.6 Å². The van der Waals surface area contributed by atoms with E-state index in [1.165, 1.54) is 0 Å². The molecule has 1 aromatic heterocycles. The van der Waals surface area contributed by atoms with E-state index in [1.807, 2.05) is 55.4 Å². The molecule has 0 unspecified atom stereocenters. The minimum atomic E-state index is 0.409. The summed E-state index contributed by atoms with van der Waals surface area (Å²) < 4.78 is 1.01. The van der Waals surface area contributed by atoms with E-state index in [1.54, 1.807) is 0 Å². The molecule has 0 saturated carbocycles. The van der Waals surface area contributed by atoms with E-state index < -0.39 is 0 Å². The van der Waals surface area contributed by atoms with Gasteiger partial charge in [-0.1, -0.05) is 12.2 Å². The predicted octanol–water partition coefficient (Wildman–Crippen LogP) is 3.55. The van der Waals surface area contributed by atoms with Gasteiger partial charge in [0.15, 0.2) is 0 Å². The quantitative estimate of drug-likeness (QED) is 0.871. The summed E-state index contributed by atoms with van der Waals surface area (Å²) >= 11 is 8.39. The maximum absolute atomic E-state index is 5.59. The lowest BCUT2D eigenvalue weighted by molar-refractivity contribution is 1.11. The maximum atomic E-state index is 5.59. The number of nitrogens with two attached hydrogens (primary N) is 1. The Morgan fingerprint density at radius 2 is 1.95 bits per heavy atom. The van der Waals surface area contributed by atoms with Crippen LogP contribution in [0.2, 0.25) is 0 Å². The number of nitrogens with zero attached hydrogens (tertiary/aromatic N) is 2. The third-order valence-electron chi connectivity index (χ3n) is 2.92. The minimum absolute atomic E-state index is 0.409. The predicted molar refractivity (Wildman–Crippen MR) is 87.1 cm³/mol. The van der Waals surface area contributed by atoms with Crippen LogP contribution >= 0.6 is 28.1 Å². The van der Waals surface area contributed by atoms with E-state index in [0.29, 0.717) is 4.99 Å². The molecule has 0 spiro atoms. The molecule has 0 aliphatic rings. The van der Waals surface area contributed by atoms with Crippen LogP contribution in [0.3, 0.4) is 0 Å². The highest BCUT2D eigenvalue weighted by atomic mass is 79.9. The largest absolute Gasteiger partial charge is 0.389 e. The number of thiocarbonyl (C=S) groups is 1. The van der Waals surface area contributed by atoms with Gasteiger partial charge in [0.05, 0.1) is 0 Å². The van der Waals surface area contributed by atoms with Crippen molar-refractivity contribution in [3.63, 3.8) is 0 Å². The fourth-order valence-electron chi connectivity index (χ4n) is 1.69. The Balaban J connectivity index is 2.30. The summed E-state index contributed by atoms with van der Waals surface area (Å²) in [6.45, 7) is 2.04. The standard InChI is InChI=1S/C14H14BrN3S/c1-9-7-13(17-8-12(9)15)18(2)11-5-3-10(4-6-11)14(16)19/h3-8H,1-2H3,(H2,16,19). The van der Waals surface area contributed by atoms with E-state index in [9.17, 15) is 0 Å². The van der Waals surface area contributed by atoms with Gasteiger partial charge in [-0.05, 0) is 58.7 Å². The first-order chi connectivity index (χ1) is 8.99. The molecular weight excluding hydrogens is 322 g/mol. The lowest BCUT2D eigenvalue weighted by Gasteiger charge is -2.19. The normalized spacial score (nSPS) is 10.3. The third-order valence-corrected chi connectivity index (χ3v) is 3.98. The number of aromatic nitrogens is 1. The zero-order chi connectivity index (χ0) is 14.0. The lowest BCUT2D eigenvalue weighted by Crippen LogP contribution is -2.13. The molecule has 0 amide bonds. The highest BCUT2D eigenvalue weighted by Crippen LogP contribution is 2.25. The Morgan fingerprint density at radius 3 is 2.47 bits per heavy atom. The van der Waals surface area contributed by atoms with Crippen LogP contribution in [0.25, 0.3) is 0 Å². The van der Waals surface area contributed by atoms with Crippen molar-refractivity contribution in [2.24, 2.45) is 5.73 Å². The monoisotopic (exact) mass is 335 g/mol. The van der Waals surface area contributed by atoms with E-state index in [0.717, 1.165) is 27.1 Å². The van der Waals surface area contributed by atoms with Crippen LogP contribution in [0.5, 0.6) is 0 Å². The number of halogens is 1. The fourth-order valence-corrected chi connectivity index (χ4v) is 2.04. The SMILES string of the molecule is Cc1cc(N(C)c2ccc(C(N)=S)cc2)ncc1Br. The highest BCUT2D eigenvalue weighted by Gasteiger charge is 2.07. The molecule has 0 aliphatic heterocycles. The summed E-state index contributed by atoms with van der Waals surface area (Å²) in [5, 5.41) is 0. The fraction of sp³-hybridized carbons (Fsp3) is 0.143. The van der Waals surface area contributed by atoms with Gasteiger partial charge in [-0.25, -0.2) is 4.98 Å². The Hall–Kier alpha value is -1.46. The van der Waals surface area contributed by atoms with Gasteiger partial charge in [-0.3, -0.25) is 0 Å². The molecule has 0 fully saturated rings. The Morgan fingerprint density at radius 1 is 1.32 bits per heavy atom. The Labute approximate surface area is 126 Å². The molecule has 19 heavy (non-hydrogen) atoms. The van der Waals surface area contributed by atoms with Gasteiger partial charge in [-0.2, -0.15) is 0 Å². The maximum Gasteiger partial charge on any atom is 0.132 e. The van der Waals surface area contributed by atoms with E-state index in [2.05, 4.69) is 20.9 Å². The molecule has 0 aliphatic carbocycles. The van der Waals surface area contributed by atoms with Crippen LogP contribution in [-0.4, -0.2) is 17.0 Å². The second-order valence-electron chi connectivity index (χ2n) is 4.26. The van der Waals surface area contributed by atoms with Crippen molar-refractivity contribution in [2.75, 3.05) is 11.9 Å². The number of benzene rings is 1. The van der Waals surface area contributed by atoms with Gasteiger partial charge in [0.2, 0.25) is 0 Å². The molecule has 98 valence electrons.